The van der Waals surface area contributed by atoms with Crippen molar-refractivity contribution in [1.82, 2.24) is 15.3 Å². The molecule has 0 spiro atoms. The lowest BCUT2D eigenvalue weighted by molar-refractivity contribution is 0.671. The first-order chi connectivity index (χ1) is 10.2. The van der Waals surface area contributed by atoms with E-state index in [1.165, 1.54) is 5.56 Å². The van der Waals surface area contributed by atoms with Gasteiger partial charge in [-0.05, 0) is 30.7 Å². The monoisotopic (exact) mass is 348 g/mol. The second-order valence-electron chi connectivity index (χ2n) is 5.05. The van der Waals surface area contributed by atoms with Gasteiger partial charge in [0, 0.05) is 42.6 Å². The molecule has 0 amide bonds. The van der Waals surface area contributed by atoms with E-state index in [4.69, 9.17) is 0 Å². The first kappa shape index (κ1) is 15.9. The van der Waals surface area contributed by atoms with Crippen LogP contribution in [0.4, 0.5) is 5.95 Å². The van der Waals surface area contributed by atoms with Gasteiger partial charge in [0.2, 0.25) is 5.95 Å². The summed E-state index contributed by atoms with van der Waals surface area (Å²) in [5.41, 5.74) is 2.35. The minimum atomic E-state index is 0.747. The predicted octanol–water partition coefficient (Wildman–Crippen LogP) is 3.38. The predicted molar refractivity (Wildman–Crippen MR) is 90.3 cm³/mol. The number of hydrogen-bond donors (Lipinski definition) is 1. The molecule has 112 valence electrons. The van der Waals surface area contributed by atoms with Crippen molar-refractivity contribution in [3.63, 3.8) is 0 Å². The Morgan fingerprint density at radius 1 is 1.10 bits per heavy atom. The highest BCUT2D eigenvalue weighted by Gasteiger charge is 2.05. The summed E-state index contributed by atoms with van der Waals surface area (Å²) in [7, 11) is 2.01. The van der Waals surface area contributed by atoms with Crippen LogP contribution in [0.2, 0.25) is 0 Å². The maximum atomic E-state index is 4.44. The van der Waals surface area contributed by atoms with Gasteiger partial charge in [-0.2, -0.15) is 0 Å². The average Bonchev–Trinajstić information content (AvgIpc) is 2.50. The summed E-state index contributed by atoms with van der Waals surface area (Å²) in [5.74, 6) is 0.747. The van der Waals surface area contributed by atoms with Crippen LogP contribution in [-0.4, -0.2) is 23.6 Å². The number of anilines is 1. The Bertz CT molecular complexity index is 539. The molecular weight excluding hydrogens is 328 g/mol. The van der Waals surface area contributed by atoms with Crippen molar-refractivity contribution < 1.29 is 0 Å². The Morgan fingerprint density at radius 2 is 1.76 bits per heavy atom. The minimum Gasteiger partial charge on any atom is -0.340 e. The number of hydrogen-bond acceptors (Lipinski definition) is 4. The number of nitrogens with zero attached hydrogens (tertiary/aromatic N) is 3. The Kier molecular flexibility index (Phi) is 6.14. The van der Waals surface area contributed by atoms with Crippen LogP contribution in [0, 0.1) is 0 Å². The highest BCUT2D eigenvalue weighted by Crippen LogP contribution is 2.14. The summed E-state index contributed by atoms with van der Waals surface area (Å²) in [4.78, 5) is 10.9. The molecule has 21 heavy (non-hydrogen) atoms. The lowest BCUT2D eigenvalue weighted by atomic mass is 10.2. The molecular formula is C16H21BrN4. The summed E-state index contributed by atoms with van der Waals surface area (Å²) in [6.45, 7) is 4.79. The molecule has 1 aromatic carbocycles. The highest BCUT2D eigenvalue weighted by atomic mass is 79.9. The molecule has 0 fully saturated rings. The van der Waals surface area contributed by atoms with Crippen LogP contribution in [0.1, 0.15) is 24.5 Å². The fourth-order valence-corrected chi connectivity index (χ4v) is 2.24. The molecule has 4 nitrogen and oxygen atoms in total. The van der Waals surface area contributed by atoms with E-state index >= 15 is 0 Å². The Balaban J connectivity index is 1.93. The molecule has 0 radical (unpaired) electrons. The fraction of sp³-hybridized carbons (Fsp3) is 0.375. The van der Waals surface area contributed by atoms with Crippen molar-refractivity contribution in [2.75, 3.05) is 18.5 Å². The van der Waals surface area contributed by atoms with E-state index in [0.717, 1.165) is 42.0 Å². The zero-order chi connectivity index (χ0) is 15.1. The van der Waals surface area contributed by atoms with E-state index in [9.17, 15) is 0 Å². The van der Waals surface area contributed by atoms with E-state index in [0.29, 0.717) is 0 Å². The Morgan fingerprint density at radius 3 is 2.38 bits per heavy atom. The molecule has 1 aromatic heterocycles. The van der Waals surface area contributed by atoms with Gasteiger partial charge in [0.25, 0.3) is 0 Å². The second-order valence-corrected chi connectivity index (χ2v) is 5.97. The molecule has 0 saturated heterocycles. The van der Waals surface area contributed by atoms with Gasteiger partial charge in [0.1, 0.15) is 0 Å². The molecule has 0 aliphatic carbocycles. The Hall–Kier alpha value is -1.46. The quantitative estimate of drug-likeness (QED) is 0.778. The topological polar surface area (TPSA) is 41.1 Å². The van der Waals surface area contributed by atoms with Crippen molar-refractivity contribution in [2.45, 2.75) is 26.4 Å². The van der Waals surface area contributed by atoms with Crippen LogP contribution >= 0.6 is 15.9 Å². The number of aromatic nitrogens is 2. The van der Waals surface area contributed by atoms with Crippen molar-refractivity contribution in [3.8, 4) is 0 Å². The number of rotatable bonds is 7. The maximum absolute atomic E-state index is 4.44. The largest absolute Gasteiger partial charge is 0.340 e. The molecule has 0 saturated carbocycles. The van der Waals surface area contributed by atoms with Gasteiger partial charge in [0.15, 0.2) is 0 Å². The smallest absolute Gasteiger partial charge is 0.225 e. The molecule has 0 bridgehead atoms. The van der Waals surface area contributed by atoms with Crippen molar-refractivity contribution in [1.29, 1.82) is 0 Å². The average molecular weight is 349 g/mol. The normalized spacial score (nSPS) is 10.6. The third kappa shape index (κ3) is 5.10. The van der Waals surface area contributed by atoms with Gasteiger partial charge in [-0.15, -0.1) is 0 Å². The number of benzene rings is 1. The van der Waals surface area contributed by atoms with Crippen molar-refractivity contribution >= 4 is 21.9 Å². The van der Waals surface area contributed by atoms with Gasteiger partial charge < -0.3 is 10.2 Å². The van der Waals surface area contributed by atoms with E-state index in [1.54, 1.807) is 0 Å². The van der Waals surface area contributed by atoms with E-state index in [1.807, 2.05) is 36.5 Å². The van der Waals surface area contributed by atoms with Crippen LogP contribution in [0.3, 0.4) is 0 Å². The highest BCUT2D eigenvalue weighted by molar-refractivity contribution is 9.10. The fourth-order valence-electron chi connectivity index (χ4n) is 1.98. The second kappa shape index (κ2) is 8.10. The first-order valence-electron chi connectivity index (χ1n) is 7.16. The zero-order valence-corrected chi connectivity index (χ0v) is 14.1. The molecule has 0 unspecified atom stereocenters. The van der Waals surface area contributed by atoms with Crippen LogP contribution in [0.5, 0.6) is 0 Å². The number of nitrogens with one attached hydrogen (secondary N) is 1. The van der Waals surface area contributed by atoms with Crippen LogP contribution in [0.25, 0.3) is 0 Å². The van der Waals surface area contributed by atoms with Gasteiger partial charge in [0.05, 0.1) is 0 Å². The lowest BCUT2D eigenvalue weighted by Gasteiger charge is -2.17. The lowest BCUT2D eigenvalue weighted by Crippen LogP contribution is -2.20. The third-order valence-electron chi connectivity index (χ3n) is 3.12. The number of halogens is 1. The first-order valence-corrected chi connectivity index (χ1v) is 7.95. The maximum Gasteiger partial charge on any atom is 0.225 e. The zero-order valence-electron chi connectivity index (χ0n) is 12.5. The summed E-state index contributed by atoms with van der Waals surface area (Å²) >= 11 is 3.45. The molecule has 2 rings (SSSR count). The van der Waals surface area contributed by atoms with Gasteiger partial charge >= 0.3 is 0 Å². The van der Waals surface area contributed by atoms with Gasteiger partial charge in [-0.25, -0.2) is 9.97 Å². The SMILES string of the molecule is CCCNCc1cnc(N(C)Cc2ccc(Br)cc2)nc1. The molecule has 5 heteroatoms. The summed E-state index contributed by atoms with van der Waals surface area (Å²) in [6.07, 6.45) is 4.92. The van der Waals surface area contributed by atoms with Crippen molar-refractivity contribution in [2.24, 2.45) is 0 Å². The summed E-state index contributed by atoms with van der Waals surface area (Å²) in [6, 6.07) is 8.30. The molecule has 0 aliphatic rings. The summed E-state index contributed by atoms with van der Waals surface area (Å²) < 4.78 is 1.09. The molecule has 0 aliphatic heterocycles. The van der Waals surface area contributed by atoms with Crippen LogP contribution in [0.15, 0.2) is 41.1 Å². The summed E-state index contributed by atoms with van der Waals surface area (Å²) in [5, 5.41) is 3.35. The van der Waals surface area contributed by atoms with Gasteiger partial charge in [-0.3, -0.25) is 0 Å². The van der Waals surface area contributed by atoms with E-state index in [2.05, 4.69) is 50.3 Å². The van der Waals surface area contributed by atoms with E-state index in [-0.39, 0.29) is 0 Å². The van der Waals surface area contributed by atoms with Gasteiger partial charge in [-0.1, -0.05) is 35.0 Å². The minimum absolute atomic E-state index is 0.747. The van der Waals surface area contributed by atoms with E-state index < -0.39 is 0 Å². The van der Waals surface area contributed by atoms with Crippen LogP contribution < -0.4 is 10.2 Å². The standard InChI is InChI=1S/C16H21BrN4/c1-3-8-18-9-14-10-19-16(20-11-14)21(2)12-13-4-6-15(17)7-5-13/h4-7,10-11,18H,3,8-9,12H2,1-2H3. The van der Waals surface area contributed by atoms with Crippen LogP contribution in [-0.2, 0) is 13.1 Å². The van der Waals surface area contributed by atoms with Crippen molar-refractivity contribution in [3.05, 3.63) is 52.3 Å². The molecule has 1 heterocycles. The third-order valence-corrected chi connectivity index (χ3v) is 3.65. The molecule has 2 aromatic rings. The molecule has 1 N–H and O–H groups in total. The molecule has 0 atom stereocenters. The Labute approximate surface area is 134 Å².